The van der Waals surface area contributed by atoms with Crippen molar-refractivity contribution in [3.63, 3.8) is 0 Å². The topological polar surface area (TPSA) is 55.6 Å². The summed E-state index contributed by atoms with van der Waals surface area (Å²) in [4.78, 5) is 14.2. The van der Waals surface area contributed by atoms with Gasteiger partial charge in [0.1, 0.15) is 0 Å². The third-order valence-corrected chi connectivity index (χ3v) is 3.62. The van der Waals surface area contributed by atoms with Crippen LogP contribution in [0, 0.1) is 5.92 Å². The Morgan fingerprint density at radius 3 is 2.65 bits per heavy atom. The van der Waals surface area contributed by atoms with Crippen molar-refractivity contribution in [3.8, 4) is 0 Å². The average Bonchev–Trinajstić information content (AvgIpc) is 3.18. The van der Waals surface area contributed by atoms with Gasteiger partial charge in [0.2, 0.25) is 0 Å². The SMILES string of the molecule is COC(=O)c1cc(N)cc(Cl)c1N(CC(C)C)C1CC1. The molecule has 0 bridgehead atoms. The van der Waals surface area contributed by atoms with E-state index in [2.05, 4.69) is 18.7 Å². The second-order valence-corrected chi connectivity index (χ2v) is 6.08. The molecule has 0 atom stereocenters. The van der Waals surface area contributed by atoms with Crippen LogP contribution in [0.5, 0.6) is 0 Å². The molecule has 1 aliphatic carbocycles. The molecule has 1 saturated carbocycles. The molecule has 1 aromatic carbocycles. The van der Waals surface area contributed by atoms with Gasteiger partial charge in [-0.3, -0.25) is 0 Å². The molecule has 1 aliphatic rings. The van der Waals surface area contributed by atoms with Gasteiger partial charge in [-0.15, -0.1) is 0 Å². The normalized spacial score (nSPS) is 14.4. The van der Waals surface area contributed by atoms with Crippen LogP contribution >= 0.6 is 11.6 Å². The number of methoxy groups -OCH3 is 1. The van der Waals surface area contributed by atoms with Gasteiger partial charge in [0.25, 0.3) is 0 Å². The fourth-order valence-corrected chi connectivity index (χ4v) is 2.72. The van der Waals surface area contributed by atoms with Crippen LogP contribution in [0.4, 0.5) is 11.4 Å². The molecular formula is C15H21ClN2O2. The zero-order valence-corrected chi connectivity index (χ0v) is 12.9. The summed E-state index contributed by atoms with van der Waals surface area (Å²) in [6.45, 7) is 5.16. The number of hydrogen-bond donors (Lipinski definition) is 1. The lowest BCUT2D eigenvalue weighted by atomic mass is 10.1. The van der Waals surface area contributed by atoms with Crippen molar-refractivity contribution in [2.45, 2.75) is 32.7 Å². The summed E-state index contributed by atoms with van der Waals surface area (Å²) in [5.74, 6) is 0.0818. The van der Waals surface area contributed by atoms with E-state index in [1.54, 1.807) is 12.1 Å². The molecule has 0 saturated heterocycles. The van der Waals surface area contributed by atoms with Crippen LogP contribution in [-0.2, 0) is 4.74 Å². The highest BCUT2D eigenvalue weighted by atomic mass is 35.5. The molecule has 0 radical (unpaired) electrons. The molecule has 4 nitrogen and oxygen atoms in total. The first-order valence-corrected chi connectivity index (χ1v) is 7.25. The minimum Gasteiger partial charge on any atom is -0.465 e. The summed E-state index contributed by atoms with van der Waals surface area (Å²) in [6, 6.07) is 3.80. The van der Waals surface area contributed by atoms with Crippen LogP contribution in [0.3, 0.4) is 0 Å². The number of nitrogen functional groups attached to an aromatic ring is 1. The van der Waals surface area contributed by atoms with Crippen LogP contribution < -0.4 is 10.6 Å². The monoisotopic (exact) mass is 296 g/mol. The highest BCUT2D eigenvalue weighted by Crippen LogP contribution is 2.40. The second kappa shape index (κ2) is 5.92. The number of hydrogen-bond acceptors (Lipinski definition) is 4. The molecule has 0 amide bonds. The lowest BCUT2D eigenvalue weighted by Gasteiger charge is -2.29. The van der Waals surface area contributed by atoms with Crippen LogP contribution in [0.15, 0.2) is 12.1 Å². The first-order chi connectivity index (χ1) is 9.43. The number of carbonyl (C=O) groups excluding carboxylic acids is 1. The number of rotatable bonds is 5. The summed E-state index contributed by atoms with van der Waals surface area (Å²) >= 11 is 6.36. The summed E-state index contributed by atoms with van der Waals surface area (Å²) < 4.78 is 4.86. The molecule has 20 heavy (non-hydrogen) atoms. The Bertz CT molecular complexity index is 513. The van der Waals surface area contributed by atoms with Crippen LogP contribution in [0.1, 0.15) is 37.0 Å². The first-order valence-electron chi connectivity index (χ1n) is 6.88. The van der Waals surface area contributed by atoms with E-state index in [1.165, 1.54) is 7.11 Å². The van der Waals surface area contributed by atoms with Crippen LogP contribution in [0.2, 0.25) is 5.02 Å². The highest BCUT2D eigenvalue weighted by Gasteiger charge is 2.33. The van der Waals surface area contributed by atoms with Crippen molar-refractivity contribution in [2.75, 3.05) is 24.3 Å². The predicted molar refractivity (Wildman–Crippen MR) is 82.4 cm³/mol. The van der Waals surface area contributed by atoms with Crippen molar-refractivity contribution in [1.29, 1.82) is 0 Å². The molecule has 0 unspecified atom stereocenters. The number of carbonyl (C=O) groups is 1. The summed E-state index contributed by atoms with van der Waals surface area (Å²) in [5, 5.41) is 0.512. The average molecular weight is 297 g/mol. The Kier molecular flexibility index (Phi) is 4.43. The molecule has 110 valence electrons. The van der Waals surface area contributed by atoms with Crippen molar-refractivity contribution in [1.82, 2.24) is 0 Å². The maximum atomic E-state index is 12.0. The van der Waals surface area contributed by atoms with Crippen molar-refractivity contribution in [3.05, 3.63) is 22.7 Å². The quantitative estimate of drug-likeness (QED) is 0.669. The lowest BCUT2D eigenvalue weighted by Crippen LogP contribution is -2.31. The van der Waals surface area contributed by atoms with E-state index in [0.29, 0.717) is 28.2 Å². The largest absolute Gasteiger partial charge is 0.465 e. The zero-order valence-electron chi connectivity index (χ0n) is 12.1. The minimum absolute atomic E-state index is 0.399. The second-order valence-electron chi connectivity index (χ2n) is 5.67. The van der Waals surface area contributed by atoms with Crippen LogP contribution in [-0.4, -0.2) is 25.7 Å². The number of nitrogens with two attached hydrogens (primary N) is 1. The highest BCUT2D eigenvalue weighted by molar-refractivity contribution is 6.34. The van der Waals surface area contributed by atoms with E-state index in [9.17, 15) is 4.79 Å². The number of halogens is 1. The zero-order chi connectivity index (χ0) is 14.9. The third kappa shape index (κ3) is 3.18. The molecule has 0 aromatic heterocycles. The molecule has 1 fully saturated rings. The molecule has 2 rings (SSSR count). The summed E-state index contributed by atoms with van der Waals surface area (Å²) in [6.07, 6.45) is 2.27. The maximum absolute atomic E-state index is 12.0. The van der Waals surface area contributed by atoms with Gasteiger partial charge in [-0.1, -0.05) is 25.4 Å². The lowest BCUT2D eigenvalue weighted by molar-refractivity contribution is 0.0601. The van der Waals surface area contributed by atoms with E-state index in [-0.39, 0.29) is 0 Å². The Morgan fingerprint density at radius 1 is 1.50 bits per heavy atom. The van der Waals surface area contributed by atoms with Gasteiger partial charge >= 0.3 is 5.97 Å². The van der Waals surface area contributed by atoms with E-state index < -0.39 is 5.97 Å². The smallest absolute Gasteiger partial charge is 0.340 e. The van der Waals surface area contributed by atoms with Crippen LogP contribution in [0.25, 0.3) is 0 Å². The molecular weight excluding hydrogens is 276 g/mol. The molecule has 5 heteroatoms. The summed E-state index contributed by atoms with van der Waals surface area (Å²) in [5.41, 5.74) is 7.48. The number of esters is 1. The van der Waals surface area contributed by atoms with Gasteiger partial charge in [0, 0.05) is 18.3 Å². The third-order valence-electron chi connectivity index (χ3n) is 3.33. The first kappa shape index (κ1) is 15.0. The van der Waals surface area contributed by atoms with Gasteiger partial charge in [-0.2, -0.15) is 0 Å². The number of anilines is 2. The number of nitrogens with zero attached hydrogens (tertiary/aromatic N) is 1. The number of benzene rings is 1. The van der Waals surface area contributed by atoms with Gasteiger partial charge in [-0.25, -0.2) is 4.79 Å². The Balaban J connectivity index is 2.49. The predicted octanol–water partition coefficient (Wildman–Crippen LogP) is 3.33. The standard InChI is InChI=1S/C15H21ClN2O2/c1-9(2)8-18(11-4-5-11)14-12(15(19)20-3)6-10(17)7-13(14)16/h6-7,9,11H,4-5,8,17H2,1-3H3. The van der Waals surface area contributed by atoms with E-state index in [4.69, 9.17) is 22.1 Å². The van der Waals surface area contributed by atoms with E-state index in [1.807, 2.05) is 0 Å². The Hall–Kier alpha value is -1.42. The van der Waals surface area contributed by atoms with E-state index in [0.717, 1.165) is 25.1 Å². The van der Waals surface area contributed by atoms with Crippen molar-refractivity contribution in [2.24, 2.45) is 5.92 Å². The molecule has 0 spiro atoms. The van der Waals surface area contributed by atoms with Crippen molar-refractivity contribution >= 4 is 28.9 Å². The fraction of sp³-hybridized carbons (Fsp3) is 0.533. The minimum atomic E-state index is -0.399. The fourth-order valence-electron chi connectivity index (χ4n) is 2.38. The van der Waals surface area contributed by atoms with Crippen molar-refractivity contribution < 1.29 is 9.53 Å². The van der Waals surface area contributed by atoms with Gasteiger partial charge in [0.05, 0.1) is 23.4 Å². The Morgan fingerprint density at radius 2 is 2.15 bits per heavy atom. The van der Waals surface area contributed by atoms with E-state index >= 15 is 0 Å². The maximum Gasteiger partial charge on any atom is 0.340 e. The molecule has 0 aliphatic heterocycles. The molecule has 1 aromatic rings. The van der Waals surface area contributed by atoms with Gasteiger partial charge < -0.3 is 15.4 Å². The summed E-state index contributed by atoms with van der Waals surface area (Å²) in [7, 11) is 1.37. The Labute approximate surface area is 124 Å². The molecule has 0 heterocycles. The molecule has 2 N–H and O–H groups in total. The van der Waals surface area contributed by atoms with Gasteiger partial charge in [-0.05, 0) is 30.9 Å². The number of ether oxygens (including phenoxy) is 1. The van der Waals surface area contributed by atoms with Gasteiger partial charge in [0.15, 0.2) is 0 Å².